The van der Waals surface area contributed by atoms with E-state index < -0.39 is 12.1 Å². The van der Waals surface area contributed by atoms with Crippen LogP contribution in [0.5, 0.6) is 0 Å². The average Bonchev–Trinajstić information content (AvgIpc) is 3.21. The molecule has 0 saturated heterocycles. The van der Waals surface area contributed by atoms with Gasteiger partial charge < -0.3 is 20.1 Å². The van der Waals surface area contributed by atoms with Crippen molar-refractivity contribution in [2.24, 2.45) is 5.92 Å². The maximum absolute atomic E-state index is 13.0. The van der Waals surface area contributed by atoms with Crippen molar-refractivity contribution < 1.29 is 24.2 Å². The van der Waals surface area contributed by atoms with Gasteiger partial charge in [-0.2, -0.15) is 0 Å². The molecule has 1 fully saturated rings. The number of hydrogen-bond acceptors (Lipinski definition) is 4. The molecule has 2 aliphatic carbocycles. The topological polar surface area (TPSA) is 95.9 Å². The Labute approximate surface area is 204 Å². The first-order valence-electron chi connectivity index (χ1n) is 12.3. The first-order valence-corrected chi connectivity index (χ1v) is 12.3. The van der Waals surface area contributed by atoms with Crippen molar-refractivity contribution in [3.8, 4) is 11.1 Å². The number of fused-ring (bicyclic) bond motifs is 3. The van der Waals surface area contributed by atoms with E-state index in [4.69, 9.17) is 9.84 Å². The zero-order valence-corrected chi connectivity index (χ0v) is 19.6. The Kier molecular flexibility index (Phi) is 6.57. The summed E-state index contributed by atoms with van der Waals surface area (Å²) in [6, 6.07) is 16.4. The molecule has 2 amide bonds. The number of nitrogens with one attached hydrogen (secondary N) is 1. The number of carboxylic acid groups (broad SMARTS) is 1. The molecule has 0 radical (unpaired) electrons. The number of carboxylic acids is 1. The number of amides is 2. The first kappa shape index (κ1) is 23.1. The van der Waals surface area contributed by atoms with Gasteiger partial charge in [0, 0.05) is 36.5 Å². The van der Waals surface area contributed by atoms with Crippen molar-refractivity contribution in [3.63, 3.8) is 0 Å². The fourth-order valence-corrected chi connectivity index (χ4v) is 5.67. The van der Waals surface area contributed by atoms with E-state index in [-0.39, 0.29) is 30.4 Å². The summed E-state index contributed by atoms with van der Waals surface area (Å²) in [5.41, 5.74) is 5.09. The van der Waals surface area contributed by atoms with Crippen LogP contribution in [-0.2, 0) is 14.3 Å². The van der Waals surface area contributed by atoms with Crippen molar-refractivity contribution in [1.29, 1.82) is 0 Å². The van der Waals surface area contributed by atoms with E-state index >= 15 is 0 Å². The van der Waals surface area contributed by atoms with E-state index in [0.717, 1.165) is 19.3 Å². The highest BCUT2D eigenvalue weighted by Gasteiger charge is 2.33. The lowest BCUT2D eigenvalue weighted by Gasteiger charge is -2.34. The van der Waals surface area contributed by atoms with Crippen LogP contribution >= 0.6 is 0 Å². The van der Waals surface area contributed by atoms with E-state index in [1.807, 2.05) is 24.3 Å². The summed E-state index contributed by atoms with van der Waals surface area (Å²) in [4.78, 5) is 38.5. The second kappa shape index (κ2) is 9.94. The molecule has 182 valence electrons. The Morgan fingerprint density at radius 1 is 1.00 bits per heavy atom. The third-order valence-corrected chi connectivity index (χ3v) is 7.48. The maximum atomic E-state index is 13.0. The molecular formula is C28H30N2O5. The summed E-state index contributed by atoms with van der Waals surface area (Å²) in [6.45, 7) is 1.03. The van der Waals surface area contributed by atoms with Gasteiger partial charge in [0.15, 0.2) is 0 Å². The summed E-state index contributed by atoms with van der Waals surface area (Å²) >= 11 is 0. The molecular weight excluding hydrogens is 444 g/mol. The SMILES string of the molecule is O=C(N[C@@H]1CCC[C@H](C(=O)N2CC=C(C(=O)O)CC2)C1)OCC1c2ccccc2-c2ccccc21. The third kappa shape index (κ3) is 4.81. The Balaban J connectivity index is 1.15. The molecule has 2 N–H and O–H groups in total. The van der Waals surface area contributed by atoms with Crippen LogP contribution in [0, 0.1) is 5.92 Å². The largest absolute Gasteiger partial charge is 0.478 e. The van der Waals surface area contributed by atoms with Gasteiger partial charge in [-0.3, -0.25) is 4.79 Å². The molecule has 1 aliphatic heterocycles. The van der Waals surface area contributed by atoms with Gasteiger partial charge in [-0.25, -0.2) is 9.59 Å². The quantitative estimate of drug-likeness (QED) is 0.673. The van der Waals surface area contributed by atoms with E-state index in [2.05, 4.69) is 29.6 Å². The Morgan fingerprint density at radius 2 is 1.69 bits per heavy atom. The van der Waals surface area contributed by atoms with Crippen LogP contribution in [0.1, 0.15) is 49.1 Å². The number of carbonyl (C=O) groups excluding carboxylic acids is 2. The Bertz CT molecular complexity index is 1130. The van der Waals surface area contributed by atoms with Gasteiger partial charge in [0.1, 0.15) is 6.61 Å². The highest BCUT2D eigenvalue weighted by atomic mass is 16.5. The normalized spacial score (nSPS) is 21.5. The zero-order valence-electron chi connectivity index (χ0n) is 19.6. The third-order valence-electron chi connectivity index (χ3n) is 7.48. The van der Waals surface area contributed by atoms with Crippen LogP contribution in [0.25, 0.3) is 11.1 Å². The second-order valence-electron chi connectivity index (χ2n) is 9.60. The first-order chi connectivity index (χ1) is 17.0. The van der Waals surface area contributed by atoms with Gasteiger partial charge in [0.05, 0.1) is 0 Å². The lowest BCUT2D eigenvalue weighted by atomic mass is 9.84. The lowest BCUT2D eigenvalue weighted by molar-refractivity contribution is -0.138. The van der Waals surface area contributed by atoms with Crippen LogP contribution in [0.4, 0.5) is 4.79 Å². The van der Waals surface area contributed by atoms with Gasteiger partial charge in [0.25, 0.3) is 0 Å². The summed E-state index contributed by atoms with van der Waals surface area (Å²) in [5.74, 6) is -1.02. The number of alkyl carbamates (subject to hydrolysis) is 1. The maximum Gasteiger partial charge on any atom is 0.407 e. The van der Waals surface area contributed by atoms with Gasteiger partial charge in [-0.15, -0.1) is 0 Å². The zero-order chi connectivity index (χ0) is 24.4. The van der Waals surface area contributed by atoms with E-state index in [1.165, 1.54) is 22.3 Å². The summed E-state index contributed by atoms with van der Waals surface area (Å²) in [5, 5.41) is 12.1. The van der Waals surface area contributed by atoms with Gasteiger partial charge in [0.2, 0.25) is 5.91 Å². The number of nitrogens with zero attached hydrogens (tertiary/aromatic N) is 1. The predicted octanol–water partition coefficient (Wildman–Crippen LogP) is 4.33. The minimum absolute atomic E-state index is 0.0108. The number of benzene rings is 2. The van der Waals surface area contributed by atoms with Crippen LogP contribution in [-0.4, -0.2) is 53.7 Å². The molecule has 2 aromatic carbocycles. The molecule has 0 bridgehead atoms. The van der Waals surface area contributed by atoms with Crippen LogP contribution < -0.4 is 5.32 Å². The molecule has 3 aliphatic rings. The number of carbonyl (C=O) groups is 3. The highest BCUT2D eigenvalue weighted by molar-refractivity contribution is 5.87. The average molecular weight is 475 g/mol. The van der Waals surface area contributed by atoms with Crippen LogP contribution in [0.15, 0.2) is 60.2 Å². The molecule has 0 unspecified atom stereocenters. The minimum Gasteiger partial charge on any atom is -0.478 e. The Hall–Kier alpha value is -3.61. The van der Waals surface area contributed by atoms with Gasteiger partial charge in [-0.1, -0.05) is 61.0 Å². The second-order valence-corrected chi connectivity index (χ2v) is 9.60. The molecule has 7 heteroatoms. The van der Waals surface area contributed by atoms with Crippen LogP contribution in [0.3, 0.4) is 0 Å². The molecule has 7 nitrogen and oxygen atoms in total. The van der Waals surface area contributed by atoms with E-state index in [0.29, 0.717) is 31.5 Å². The number of ether oxygens (including phenoxy) is 1. The fraction of sp³-hybridized carbons (Fsp3) is 0.393. The molecule has 5 rings (SSSR count). The summed E-state index contributed by atoms with van der Waals surface area (Å²) < 4.78 is 5.68. The van der Waals surface area contributed by atoms with Gasteiger partial charge in [-0.05, 0) is 47.9 Å². The summed E-state index contributed by atoms with van der Waals surface area (Å²) in [6.07, 6.45) is 4.58. The van der Waals surface area contributed by atoms with Crippen molar-refractivity contribution in [1.82, 2.24) is 10.2 Å². The minimum atomic E-state index is -0.915. The molecule has 1 heterocycles. The predicted molar refractivity (Wildman–Crippen MR) is 131 cm³/mol. The molecule has 2 aromatic rings. The molecule has 0 aromatic heterocycles. The molecule has 1 saturated carbocycles. The van der Waals surface area contributed by atoms with Crippen molar-refractivity contribution in [2.45, 2.75) is 44.1 Å². The Morgan fingerprint density at radius 3 is 2.31 bits per heavy atom. The van der Waals surface area contributed by atoms with Crippen molar-refractivity contribution in [2.75, 3.05) is 19.7 Å². The smallest absolute Gasteiger partial charge is 0.407 e. The standard InChI is InChI=1S/C28H30N2O5/c31-26(30-14-12-18(13-15-30)27(32)33)19-6-5-7-20(16-19)29-28(34)35-17-25-23-10-3-1-8-21(23)22-9-2-4-11-24(22)25/h1-4,8-12,19-20,25H,5-7,13-17H2,(H,29,34)(H,32,33)/t19-,20+/m0/s1. The van der Waals surface area contributed by atoms with Crippen molar-refractivity contribution in [3.05, 3.63) is 71.3 Å². The molecule has 35 heavy (non-hydrogen) atoms. The number of hydrogen-bond donors (Lipinski definition) is 2. The van der Waals surface area contributed by atoms with Gasteiger partial charge >= 0.3 is 12.1 Å². The number of rotatable bonds is 5. The van der Waals surface area contributed by atoms with Crippen LogP contribution in [0.2, 0.25) is 0 Å². The molecule has 0 spiro atoms. The number of aliphatic carboxylic acids is 1. The van der Waals surface area contributed by atoms with E-state index in [9.17, 15) is 14.4 Å². The van der Waals surface area contributed by atoms with E-state index in [1.54, 1.807) is 11.0 Å². The lowest BCUT2D eigenvalue weighted by Crippen LogP contribution is -2.45. The summed E-state index contributed by atoms with van der Waals surface area (Å²) in [7, 11) is 0. The molecule has 2 atom stereocenters. The fourth-order valence-electron chi connectivity index (χ4n) is 5.67. The van der Waals surface area contributed by atoms with Crippen molar-refractivity contribution >= 4 is 18.0 Å². The monoisotopic (exact) mass is 474 g/mol. The highest BCUT2D eigenvalue weighted by Crippen LogP contribution is 2.44.